The molecule has 4 rings (SSSR count). The van der Waals surface area contributed by atoms with Crippen molar-refractivity contribution in [2.45, 2.75) is 42.6 Å². The molecule has 7 heteroatoms. The van der Waals surface area contributed by atoms with Gasteiger partial charge in [0.15, 0.2) is 5.16 Å². The molecule has 3 aromatic rings. The first-order valence-electron chi connectivity index (χ1n) is 9.31. The third kappa shape index (κ3) is 4.42. The van der Waals surface area contributed by atoms with Gasteiger partial charge >= 0.3 is 0 Å². The molecule has 1 aliphatic carbocycles. The Labute approximate surface area is 167 Å². The minimum Gasteiger partial charge on any atom is -0.352 e. The van der Waals surface area contributed by atoms with Gasteiger partial charge in [-0.3, -0.25) is 9.36 Å². The lowest BCUT2D eigenvalue weighted by atomic mass is 10.1. The molecule has 1 aliphatic rings. The van der Waals surface area contributed by atoms with Gasteiger partial charge in [0, 0.05) is 18.2 Å². The Bertz CT molecular complexity index is 954. The van der Waals surface area contributed by atoms with Crippen LogP contribution in [0.3, 0.4) is 0 Å². The third-order valence-electron chi connectivity index (χ3n) is 4.57. The molecule has 0 radical (unpaired) electrons. The quantitative estimate of drug-likeness (QED) is 0.618. The number of carbonyl (C=O) groups is 1. The molecule has 1 aromatic heterocycles. The summed E-state index contributed by atoms with van der Waals surface area (Å²) in [5, 5.41) is 12.0. The summed E-state index contributed by atoms with van der Waals surface area (Å²) in [5.41, 5.74) is 1.88. The maximum Gasteiger partial charge on any atom is 0.233 e. The number of hydrogen-bond acceptors (Lipinski definition) is 4. The standard InChI is InChI=1S/C21H21FN4OS/c1-14(20(27)23-17-9-10-17)28-21-25-24-19(13-15-5-3-2-4-6-15)26(21)18-11-7-16(22)8-12-18/h2-8,11-12,14,17H,9-10,13H2,1H3,(H,23,27). The zero-order valence-corrected chi connectivity index (χ0v) is 16.3. The monoisotopic (exact) mass is 396 g/mol. The number of carbonyl (C=O) groups excluding carboxylic acids is 1. The van der Waals surface area contributed by atoms with Crippen LogP contribution in [0.4, 0.5) is 4.39 Å². The van der Waals surface area contributed by atoms with E-state index in [4.69, 9.17) is 0 Å². The summed E-state index contributed by atoms with van der Waals surface area (Å²) in [6.45, 7) is 1.86. The highest BCUT2D eigenvalue weighted by atomic mass is 32.2. The number of nitrogens with one attached hydrogen (secondary N) is 1. The first-order valence-corrected chi connectivity index (χ1v) is 10.2. The van der Waals surface area contributed by atoms with Crippen molar-refractivity contribution < 1.29 is 9.18 Å². The highest BCUT2D eigenvalue weighted by Gasteiger charge is 2.27. The highest BCUT2D eigenvalue weighted by molar-refractivity contribution is 8.00. The summed E-state index contributed by atoms with van der Waals surface area (Å²) in [6.07, 6.45) is 2.70. The summed E-state index contributed by atoms with van der Waals surface area (Å²) >= 11 is 1.36. The summed E-state index contributed by atoms with van der Waals surface area (Å²) in [4.78, 5) is 12.3. The number of nitrogens with zero attached hydrogens (tertiary/aromatic N) is 3. The second-order valence-electron chi connectivity index (χ2n) is 6.92. The van der Waals surface area contributed by atoms with Gasteiger partial charge in [-0.25, -0.2) is 4.39 Å². The fourth-order valence-electron chi connectivity index (χ4n) is 2.88. The number of hydrogen-bond donors (Lipinski definition) is 1. The van der Waals surface area contributed by atoms with E-state index >= 15 is 0 Å². The van der Waals surface area contributed by atoms with Crippen molar-refractivity contribution in [1.82, 2.24) is 20.1 Å². The van der Waals surface area contributed by atoms with Crippen LogP contribution in [0, 0.1) is 5.82 Å². The van der Waals surface area contributed by atoms with E-state index in [-0.39, 0.29) is 17.0 Å². The van der Waals surface area contributed by atoms with E-state index in [1.54, 1.807) is 12.1 Å². The molecule has 1 N–H and O–H groups in total. The maximum atomic E-state index is 13.4. The average Bonchev–Trinajstić information content (AvgIpc) is 3.44. The molecule has 1 unspecified atom stereocenters. The van der Waals surface area contributed by atoms with E-state index in [2.05, 4.69) is 15.5 Å². The Morgan fingerprint density at radius 2 is 1.89 bits per heavy atom. The number of thioether (sulfide) groups is 1. The van der Waals surface area contributed by atoms with Gasteiger partial charge in [0.1, 0.15) is 11.6 Å². The van der Waals surface area contributed by atoms with Crippen LogP contribution in [0.1, 0.15) is 31.2 Å². The van der Waals surface area contributed by atoms with Gasteiger partial charge in [0.25, 0.3) is 0 Å². The zero-order valence-electron chi connectivity index (χ0n) is 15.5. The molecular formula is C21H21FN4OS. The van der Waals surface area contributed by atoms with Crippen LogP contribution in [0.5, 0.6) is 0 Å². The summed E-state index contributed by atoms with van der Waals surface area (Å²) in [6, 6.07) is 16.5. The van der Waals surface area contributed by atoms with E-state index in [1.807, 2.05) is 41.8 Å². The van der Waals surface area contributed by atoms with Gasteiger partial charge in [0.2, 0.25) is 5.91 Å². The molecule has 0 bridgehead atoms. The smallest absolute Gasteiger partial charge is 0.233 e. The van der Waals surface area contributed by atoms with Crippen LogP contribution in [0.2, 0.25) is 0 Å². The topological polar surface area (TPSA) is 59.8 Å². The minimum absolute atomic E-state index is 0.00534. The molecular weight excluding hydrogens is 375 g/mol. The second kappa shape index (κ2) is 8.14. The second-order valence-corrected chi connectivity index (χ2v) is 8.22. The predicted molar refractivity (Wildman–Crippen MR) is 107 cm³/mol. The van der Waals surface area contributed by atoms with E-state index in [0.717, 1.165) is 29.9 Å². The maximum absolute atomic E-state index is 13.4. The number of halogens is 1. The van der Waals surface area contributed by atoms with Crippen molar-refractivity contribution in [2.24, 2.45) is 0 Å². The molecule has 0 spiro atoms. The van der Waals surface area contributed by atoms with Crippen molar-refractivity contribution in [2.75, 3.05) is 0 Å². The van der Waals surface area contributed by atoms with Crippen LogP contribution in [-0.2, 0) is 11.2 Å². The van der Waals surface area contributed by atoms with E-state index in [9.17, 15) is 9.18 Å². The number of amides is 1. The summed E-state index contributed by atoms with van der Waals surface area (Å²) in [5.74, 6) is 0.452. The molecule has 0 saturated heterocycles. The Hall–Kier alpha value is -2.67. The van der Waals surface area contributed by atoms with Gasteiger partial charge in [-0.2, -0.15) is 0 Å². The van der Waals surface area contributed by atoms with Gasteiger partial charge in [-0.15, -0.1) is 10.2 Å². The van der Waals surface area contributed by atoms with E-state index in [0.29, 0.717) is 17.6 Å². The Morgan fingerprint density at radius 1 is 1.18 bits per heavy atom. The lowest BCUT2D eigenvalue weighted by molar-refractivity contribution is -0.120. The summed E-state index contributed by atoms with van der Waals surface area (Å²) in [7, 11) is 0. The van der Waals surface area contributed by atoms with Crippen LogP contribution >= 0.6 is 11.8 Å². The number of aromatic nitrogens is 3. The van der Waals surface area contributed by atoms with Crippen molar-refractivity contribution in [1.29, 1.82) is 0 Å². The van der Waals surface area contributed by atoms with Gasteiger partial charge < -0.3 is 5.32 Å². The lowest BCUT2D eigenvalue weighted by Crippen LogP contribution is -2.32. The van der Waals surface area contributed by atoms with Crippen molar-refractivity contribution >= 4 is 17.7 Å². The highest BCUT2D eigenvalue weighted by Crippen LogP contribution is 2.28. The van der Waals surface area contributed by atoms with Crippen molar-refractivity contribution in [3.8, 4) is 5.69 Å². The van der Waals surface area contributed by atoms with Crippen LogP contribution < -0.4 is 5.32 Å². The molecule has 144 valence electrons. The Balaban J connectivity index is 1.63. The van der Waals surface area contributed by atoms with Crippen LogP contribution in [0.25, 0.3) is 5.69 Å². The first kappa shape index (κ1) is 18.7. The van der Waals surface area contributed by atoms with Gasteiger partial charge in [-0.1, -0.05) is 42.1 Å². The third-order valence-corrected chi connectivity index (χ3v) is 5.61. The zero-order chi connectivity index (χ0) is 19.5. The predicted octanol–water partition coefficient (Wildman–Crippen LogP) is 3.76. The van der Waals surface area contributed by atoms with E-state index < -0.39 is 0 Å². The molecule has 1 fully saturated rings. The van der Waals surface area contributed by atoms with Gasteiger partial charge in [0.05, 0.1) is 5.25 Å². The molecule has 1 amide bonds. The first-order chi connectivity index (χ1) is 13.6. The molecule has 28 heavy (non-hydrogen) atoms. The largest absolute Gasteiger partial charge is 0.352 e. The number of rotatable bonds is 7. The van der Waals surface area contributed by atoms with Crippen molar-refractivity contribution in [3.05, 3.63) is 71.8 Å². The van der Waals surface area contributed by atoms with Gasteiger partial charge in [-0.05, 0) is 49.6 Å². The number of benzene rings is 2. The normalized spacial score (nSPS) is 14.6. The molecule has 0 aliphatic heterocycles. The Morgan fingerprint density at radius 3 is 2.57 bits per heavy atom. The molecule has 5 nitrogen and oxygen atoms in total. The summed E-state index contributed by atoms with van der Waals surface area (Å²) < 4.78 is 15.3. The molecule has 1 atom stereocenters. The fourth-order valence-corrected chi connectivity index (χ4v) is 3.77. The lowest BCUT2D eigenvalue weighted by Gasteiger charge is -2.14. The van der Waals surface area contributed by atoms with Crippen molar-refractivity contribution in [3.63, 3.8) is 0 Å². The minimum atomic E-state index is -0.298. The molecule has 1 heterocycles. The van der Waals surface area contributed by atoms with Crippen LogP contribution in [0.15, 0.2) is 59.8 Å². The average molecular weight is 396 g/mol. The Kier molecular flexibility index (Phi) is 5.43. The molecule has 1 saturated carbocycles. The molecule has 2 aromatic carbocycles. The fraction of sp³-hybridized carbons (Fsp3) is 0.286. The van der Waals surface area contributed by atoms with Crippen LogP contribution in [-0.4, -0.2) is 32.0 Å². The SMILES string of the molecule is CC(Sc1nnc(Cc2ccccc2)n1-c1ccc(F)cc1)C(=O)NC1CC1. The van der Waals surface area contributed by atoms with E-state index in [1.165, 1.54) is 23.9 Å².